The average Bonchev–Trinajstić information content (AvgIpc) is 2.94. The van der Waals surface area contributed by atoms with Gasteiger partial charge in [0.2, 0.25) is 0 Å². The lowest BCUT2D eigenvalue weighted by atomic mass is 9.95. The molecule has 2 heterocycles. The molecule has 5 heteroatoms. The molecule has 0 fully saturated rings. The van der Waals surface area contributed by atoms with Crippen LogP contribution in [0.25, 0.3) is 0 Å². The summed E-state index contributed by atoms with van der Waals surface area (Å²) in [6.45, 7) is 3.03. The minimum Gasteiger partial charge on any atom is -0.484 e. The molecule has 3 rings (SSSR count). The fraction of sp³-hybridized carbons (Fsp3) is 0.400. The maximum atomic E-state index is 6.18. The molecular weight excluding hydrogens is 318 g/mol. The van der Waals surface area contributed by atoms with E-state index in [9.17, 15) is 0 Å². The highest BCUT2D eigenvalue weighted by Crippen LogP contribution is 2.41. The maximum absolute atomic E-state index is 6.18. The summed E-state index contributed by atoms with van der Waals surface area (Å²) in [4.78, 5) is 4.24. The number of fused-ring (bicyclic) bond motifs is 1. The zero-order valence-corrected chi connectivity index (χ0v) is 13.2. The van der Waals surface area contributed by atoms with Gasteiger partial charge in [-0.2, -0.15) is 0 Å². The van der Waals surface area contributed by atoms with Gasteiger partial charge in [0.25, 0.3) is 0 Å². The molecule has 0 aliphatic carbocycles. The highest BCUT2D eigenvalue weighted by molar-refractivity contribution is 9.10. The standard InChI is InChI=1S/C15H18BrN3O/c1-3-19-9-18-8-13(19)15-7-12(17-2)11-6-10(16)4-5-14(11)20-15/h4-6,8-9,12,15,17H,3,7H2,1-2H3. The number of aryl methyl sites for hydroxylation is 1. The predicted molar refractivity (Wildman–Crippen MR) is 81.8 cm³/mol. The van der Waals surface area contributed by atoms with Crippen molar-refractivity contribution in [1.82, 2.24) is 14.9 Å². The highest BCUT2D eigenvalue weighted by atomic mass is 79.9. The zero-order chi connectivity index (χ0) is 14.1. The smallest absolute Gasteiger partial charge is 0.142 e. The second kappa shape index (κ2) is 5.58. The lowest BCUT2D eigenvalue weighted by Gasteiger charge is -2.32. The molecule has 0 radical (unpaired) electrons. The summed E-state index contributed by atoms with van der Waals surface area (Å²) in [5.74, 6) is 0.952. The number of imidazole rings is 1. The summed E-state index contributed by atoms with van der Waals surface area (Å²) in [6.07, 6.45) is 4.73. The molecule has 1 N–H and O–H groups in total. The lowest BCUT2D eigenvalue weighted by molar-refractivity contribution is 0.146. The van der Waals surface area contributed by atoms with E-state index in [4.69, 9.17) is 4.74 Å². The van der Waals surface area contributed by atoms with Gasteiger partial charge in [-0.15, -0.1) is 0 Å². The summed E-state index contributed by atoms with van der Waals surface area (Å²) in [5, 5.41) is 3.39. The molecule has 1 aliphatic heterocycles. The van der Waals surface area contributed by atoms with Crippen molar-refractivity contribution in [1.29, 1.82) is 0 Å². The van der Waals surface area contributed by atoms with Crippen LogP contribution in [0.4, 0.5) is 0 Å². The van der Waals surface area contributed by atoms with Crippen LogP contribution in [0.5, 0.6) is 5.75 Å². The normalized spacial score (nSPS) is 21.4. The number of aromatic nitrogens is 2. The molecule has 1 aromatic heterocycles. The van der Waals surface area contributed by atoms with Crippen LogP contribution in [0.3, 0.4) is 0 Å². The van der Waals surface area contributed by atoms with Gasteiger partial charge in [0.1, 0.15) is 11.9 Å². The first kappa shape index (κ1) is 13.6. The van der Waals surface area contributed by atoms with Crippen molar-refractivity contribution in [3.05, 3.63) is 46.5 Å². The van der Waals surface area contributed by atoms with E-state index in [-0.39, 0.29) is 6.10 Å². The second-order valence-corrected chi connectivity index (χ2v) is 5.89. The van der Waals surface area contributed by atoms with Crippen molar-refractivity contribution in [2.24, 2.45) is 0 Å². The average molecular weight is 336 g/mol. The van der Waals surface area contributed by atoms with Crippen LogP contribution in [0.15, 0.2) is 35.2 Å². The first-order chi connectivity index (χ1) is 9.72. The minimum atomic E-state index is 0.0450. The van der Waals surface area contributed by atoms with Crippen molar-refractivity contribution in [2.75, 3.05) is 7.05 Å². The van der Waals surface area contributed by atoms with Gasteiger partial charge < -0.3 is 14.6 Å². The number of hydrogen-bond donors (Lipinski definition) is 1. The summed E-state index contributed by atoms with van der Waals surface area (Å²) in [6, 6.07) is 6.47. The van der Waals surface area contributed by atoms with E-state index in [1.165, 1.54) is 5.56 Å². The van der Waals surface area contributed by atoms with E-state index in [0.29, 0.717) is 6.04 Å². The Bertz CT molecular complexity index is 611. The van der Waals surface area contributed by atoms with Gasteiger partial charge in [-0.25, -0.2) is 4.98 Å². The molecule has 20 heavy (non-hydrogen) atoms. The van der Waals surface area contributed by atoms with Crippen LogP contribution < -0.4 is 10.1 Å². The summed E-state index contributed by atoms with van der Waals surface area (Å²) < 4.78 is 9.41. The van der Waals surface area contributed by atoms with Crippen molar-refractivity contribution in [2.45, 2.75) is 32.0 Å². The highest BCUT2D eigenvalue weighted by Gasteiger charge is 2.30. The van der Waals surface area contributed by atoms with Crippen molar-refractivity contribution >= 4 is 15.9 Å². The predicted octanol–water partition coefficient (Wildman–Crippen LogP) is 3.45. The van der Waals surface area contributed by atoms with Gasteiger partial charge in [0.15, 0.2) is 0 Å². The summed E-state index contributed by atoms with van der Waals surface area (Å²) in [7, 11) is 1.99. The van der Waals surface area contributed by atoms with E-state index in [0.717, 1.165) is 28.9 Å². The van der Waals surface area contributed by atoms with Crippen molar-refractivity contribution in [3.8, 4) is 5.75 Å². The molecule has 0 spiro atoms. The number of ether oxygens (including phenoxy) is 1. The first-order valence-corrected chi connectivity index (χ1v) is 7.65. The fourth-order valence-corrected chi connectivity index (χ4v) is 3.14. The van der Waals surface area contributed by atoms with E-state index in [1.807, 2.05) is 31.7 Å². The van der Waals surface area contributed by atoms with Crippen LogP contribution >= 0.6 is 15.9 Å². The van der Waals surface area contributed by atoms with Gasteiger partial charge in [0.05, 0.1) is 18.2 Å². The number of hydrogen-bond acceptors (Lipinski definition) is 3. The van der Waals surface area contributed by atoms with Crippen molar-refractivity contribution < 1.29 is 4.74 Å². The summed E-state index contributed by atoms with van der Waals surface area (Å²) >= 11 is 3.53. The van der Waals surface area contributed by atoms with E-state index >= 15 is 0 Å². The molecule has 0 bridgehead atoms. The van der Waals surface area contributed by atoms with E-state index in [2.05, 4.69) is 43.8 Å². The Morgan fingerprint density at radius 1 is 1.50 bits per heavy atom. The van der Waals surface area contributed by atoms with E-state index < -0.39 is 0 Å². The van der Waals surface area contributed by atoms with Crippen LogP contribution in [-0.4, -0.2) is 16.6 Å². The fourth-order valence-electron chi connectivity index (χ4n) is 2.76. The van der Waals surface area contributed by atoms with Gasteiger partial charge in [-0.05, 0) is 32.2 Å². The van der Waals surface area contributed by atoms with Crippen LogP contribution in [0, 0.1) is 0 Å². The third kappa shape index (κ3) is 2.36. The molecular formula is C15H18BrN3O. The Balaban J connectivity index is 1.97. The van der Waals surface area contributed by atoms with Gasteiger partial charge in [0, 0.05) is 29.0 Å². The molecule has 106 valence electrons. The molecule has 4 nitrogen and oxygen atoms in total. The van der Waals surface area contributed by atoms with Crippen LogP contribution in [-0.2, 0) is 6.54 Å². The molecule has 0 saturated carbocycles. The zero-order valence-electron chi connectivity index (χ0n) is 11.6. The third-order valence-electron chi connectivity index (χ3n) is 3.83. The largest absolute Gasteiger partial charge is 0.484 e. The quantitative estimate of drug-likeness (QED) is 0.933. The number of nitrogens with one attached hydrogen (secondary N) is 1. The number of benzene rings is 1. The SMILES string of the molecule is CCn1cncc1C1CC(NC)c2cc(Br)ccc2O1. The Hall–Kier alpha value is -1.33. The molecule has 0 saturated heterocycles. The Kier molecular flexibility index (Phi) is 3.81. The monoisotopic (exact) mass is 335 g/mol. The molecule has 1 aromatic carbocycles. The Morgan fingerprint density at radius 3 is 3.10 bits per heavy atom. The maximum Gasteiger partial charge on any atom is 0.142 e. The molecule has 2 aromatic rings. The Morgan fingerprint density at radius 2 is 2.35 bits per heavy atom. The topological polar surface area (TPSA) is 39.1 Å². The number of rotatable bonds is 3. The molecule has 1 aliphatic rings. The van der Waals surface area contributed by atoms with Gasteiger partial charge in [-0.1, -0.05) is 15.9 Å². The van der Waals surface area contributed by atoms with Gasteiger partial charge in [-0.3, -0.25) is 0 Å². The summed E-state index contributed by atoms with van der Waals surface area (Å²) in [5.41, 5.74) is 2.35. The number of nitrogens with zero attached hydrogens (tertiary/aromatic N) is 2. The van der Waals surface area contributed by atoms with E-state index in [1.54, 1.807) is 0 Å². The van der Waals surface area contributed by atoms with Gasteiger partial charge >= 0.3 is 0 Å². The van der Waals surface area contributed by atoms with Crippen molar-refractivity contribution in [3.63, 3.8) is 0 Å². The minimum absolute atomic E-state index is 0.0450. The third-order valence-corrected chi connectivity index (χ3v) is 4.32. The first-order valence-electron chi connectivity index (χ1n) is 6.86. The lowest BCUT2D eigenvalue weighted by Crippen LogP contribution is -2.27. The Labute approximate surface area is 127 Å². The molecule has 0 amide bonds. The molecule has 2 atom stereocenters. The van der Waals surface area contributed by atoms with Crippen LogP contribution in [0.1, 0.15) is 36.7 Å². The molecule has 2 unspecified atom stereocenters. The number of halogens is 1. The van der Waals surface area contributed by atoms with Crippen LogP contribution in [0.2, 0.25) is 0 Å². The second-order valence-electron chi connectivity index (χ2n) is 4.97.